The fourth-order valence-corrected chi connectivity index (χ4v) is 4.69. The monoisotopic (exact) mass is 513 g/mol. The predicted molar refractivity (Wildman–Crippen MR) is 112 cm³/mol. The van der Waals surface area contributed by atoms with Gasteiger partial charge < -0.3 is 9.11 Å². The Morgan fingerprint density at radius 1 is 0.588 bits per heavy atom. The molecule has 13 heteroatoms. The Bertz CT molecular complexity index is 1410. The first-order chi connectivity index (χ1) is 15.1. The Kier molecular flexibility index (Phi) is 9.70. The van der Waals surface area contributed by atoms with Gasteiger partial charge in [0.1, 0.15) is 20.2 Å². The molecule has 0 radical (unpaired) electrons. The van der Waals surface area contributed by atoms with E-state index >= 15 is 0 Å². The zero-order chi connectivity index (χ0) is 22.9. The van der Waals surface area contributed by atoms with Crippen LogP contribution in [0.1, 0.15) is 0 Å². The summed E-state index contributed by atoms with van der Waals surface area (Å²) >= 11 is 0. The van der Waals surface area contributed by atoms with Gasteiger partial charge in [0.15, 0.2) is 0 Å². The van der Waals surface area contributed by atoms with E-state index in [1.54, 1.807) is 36.4 Å². The Labute approximate surface area is 240 Å². The van der Waals surface area contributed by atoms with Crippen LogP contribution in [0.3, 0.4) is 0 Å². The molecular weight excluding hydrogens is 500 g/mol. The first-order valence-electron chi connectivity index (χ1n) is 9.05. The fourth-order valence-electron chi connectivity index (χ4n) is 3.18. The maximum Gasteiger partial charge on any atom is 1.00 e. The minimum Gasteiger partial charge on any atom is -0.744 e. The van der Waals surface area contributed by atoms with Crippen LogP contribution in [0.4, 0.5) is 0 Å². The molecular formula is C21H13N3Na2O6S2. The SMILES string of the molecule is O=S(=O)([O-])c1cccc(S(=O)(=O)[O-])c1-c1cc(-c2ccccn2)nc(-c2ccccn2)c1.[Na+].[Na+]. The predicted octanol–water partition coefficient (Wildman–Crippen LogP) is -3.31. The van der Waals surface area contributed by atoms with Crippen LogP contribution in [0, 0.1) is 0 Å². The topological polar surface area (TPSA) is 153 Å². The average Bonchev–Trinajstić information content (AvgIpc) is 2.78. The largest absolute Gasteiger partial charge is 1.00 e. The fraction of sp³-hybridized carbons (Fsp3) is 0. The standard InChI is InChI=1S/C21H15N3O6S2.2Na/c25-31(26,27)19-8-5-9-20(32(28,29)30)21(19)14-12-17(15-6-1-3-10-22-15)24-18(13-14)16-7-2-4-11-23-16;;/h1-13H,(H,25,26,27)(H,28,29,30);;/q;2*+1/p-2. The molecule has 4 rings (SSSR count). The number of nitrogens with zero attached hydrogens (tertiary/aromatic N) is 3. The van der Waals surface area contributed by atoms with Crippen LogP contribution in [-0.4, -0.2) is 40.9 Å². The van der Waals surface area contributed by atoms with Crippen molar-refractivity contribution in [2.75, 3.05) is 0 Å². The van der Waals surface area contributed by atoms with E-state index in [1.165, 1.54) is 24.5 Å². The van der Waals surface area contributed by atoms with E-state index in [0.29, 0.717) is 11.4 Å². The molecule has 0 spiro atoms. The van der Waals surface area contributed by atoms with Crippen molar-refractivity contribution >= 4 is 20.2 Å². The summed E-state index contributed by atoms with van der Waals surface area (Å²) in [6, 6.07) is 15.8. The van der Waals surface area contributed by atoms with Crippen LogP contribution in [-0.2, 0) is 20.2 Å². The van der Waals surface area contributed by atoms with E-state index in [2.05, 4.69) is 15.0 Å². The van der Waals surface area contributed by atoms with E-state index in [9.17, 15) is 25.9 Å². The molecule has 0 aliphatic rings. The second-order valence-corrected chi connectivity index (χ2v) is 9.29. The Morgan fingerprint density at radius 2 is 1.03 bits per heavy atom. The smallest absolute Gasteiger partial charge is 0.744 e. The number of rotatable bonds is 5. The van der Waals surface area contributed by atoms with Gasteiger partial charge in [-0.05, 0) is 54.1 Å². The second-order valence-electron chi connectivity index (χ2n) is 6.59. The van der Waals surface area contributed by atoms with E-state index in [1.807, 2.05) is 0 Å². The van der Waals surface area contributed by atoms with E-state index < -0.39 is 35.6 Å². The molecule has 0 atom stereocenters. The number of benzene rings is 1. The van der Waals surface area contributed by atoms with Crippen molar-refractivity contribution in [2.45, 2.75) is 9.79 Å². The number of pyridine rings is 3. The van der Waals surface area contributed by atoms with E-state index in [0.717, 1.165) is 18.2 Å². The van der Waals surface area contributed by atoms with Crippen molar-refractivity contribution in [1.29, 1.82) is 0 Å². The summed E-state index contributed by atoms with van der Waals surface area (Å²) in [6.45, 7) is 0. The van der Waals surface area contributed by atoms with Gasteiger partial charge in [0.25, 0.3) is 0 Å². The molecule has 0 unspecified atom stereocenters. The van der Waals surface area contributed by atoms with Gasteiger partial charge in [-0.1, -0.05) is 18.2 Å². The van der Waals surface area contributed by atoms with Gasteiger partial charge in [-0.2, -0.15) is 0 Å². The van der Waals surface area contributed by atoms with Crippen LogP contribution < -0.4 is 59.1 Å². The van der Waals surface area contributed by atoms with Gasteiger partial charge in [0.05, 0.1) is 32.6 Å². The summed E-state index contributed by atoms with van der Waals surface area (Å²) in [4.78, 5) is 11.3. The Morgan fingerprint density at radius 3 is 1.38 bits per heavy atom. The van der Waals surface area contributed by atoms with Crippen LogP contribution in [0.2, 0.25) is 0 Å². The molecule has 162 valence electrons. The van der Waals surface area contributed by atoms with Crippen molar-refractivity contribution in [2.24, 2.45) is 0 Å². The van der Waals surface area contributed by atoms with Gasteiger partial charge in [0.2, 0.25) is 0 Å². The molecule has 3 aromatic heterocycles. The van der Waals surface area contributed by atoms with Gasteiger partial charge in [-0.25, -0.2) is 21.8 Å². The quantitative estimate of drug-likeness (QED) is 0.197. The first-order valence-corrected chi connectivity index (χ1v) is 11.9. The summed E-state index contributed by atoms with van der Waals surface area (Å²) in [5.74, 6) is 0. The molecule has 9 nitrogen and oxygen atoms in total. The molecule has 0 aliphatic heterocycles. The van der Waals surface area contributed by atoms with Crippen molar-refractivity contribution in [3.8, 4) is 33.9 Å². The second kappa shape index (κ2) is 11.5. The molecule has 4 aromatic rings. The third kappa shape index (κ3) is 6.38. The van der Waals surface area contributed by atoms with Gasteiger partial charge in [-0.3, -0.25) is 9.97 Å². The number of aromatic nitrogens is 3. The van der Waals surface area contributed by atoms with Gasteiger partial charge in [-0.15, -0.1) is 0 Å². The zero-order valence-electron chi connectivity index (χ0n) is 18.1. The first kappa shape index (κ1) is 28.7. The maximum absolute atomic E-state index is 11.9. The Hall–Kier alpha value is -1.51. The number of hydrogen-bond donors (Lipinski definition) is 0. The molecule has 0 N–H and O–H groups in total. The zero-order valence-corrected chi connectivity index (χ0v) is 23.7. The molecule has 0 saturated heterocycles. The van der Waals surface area contributed by atoms with Crippen molar-refractivity contribution < 1.29 is 85.1 Å². The molecule has 3 heterocycles. The average molecular weight is 513 g/mol. The minimum atomic E-state index is -5.12. The third-order valence-corrected chi connectivity index (χ3v) is 6.25. The van der Waals surface area contributed by atoms with Crippen LogP contribution in [0.25, 0.3) is 33.9 Å². The molecule has 0 bridgehead atoms. The van der Waals surface area contributed by atoms with Gasteiger partial charge >= 0.3 is 59.1 Å². The maximum atomic E-state index is 11.9. The molecule has 34 heavy (non-hydrogen) atoms. The summed E-state index contributed by atoms with van der Waals surface area (Å²) in [7, 11) is -10.2. The summed E-state index contributed by atoms with van der Waals surface area (Å²) in [5.41, 5.74) is 0.799. The van der Waals surface area contributed by atoms with E-state index in [4.69, 9.17) is 0 Å². The molecule has 1 aromatic carbocycles. The number of hydrogen-bond acceptors (Lipinski definition) is 9. The van der Waals surface area contributed by atoms with Crippen LogP contribution in [0.15, 0.2) is 88.9 Å². The third-order valence-electron chi connectivity index (χ3n) is 4.50. The van der Waals surface area contributed by atoms with Gasteiger partial charge in [0, 0.05) is 18.0 Å². The van der Waals surface area contributed by atoms with Crippen molar-refractivity contribution in [1.82, 2.24) is 15.0 Å². The summed E-state index contributed by atoms with van der Waals surface area (Å²) in [5, 5.41) is 0. The van der Waals surface area contributed by atoms with Crippen LogP contribution >= 0.6 is 0 Å². The normalized spacial score (nSPS) is 11.2. The summed E-state index contributed by atoms with van der Waals surface area (Å²) in [6.07, 6.45) is 3.04. The van der Waals surface area contributed by atoms with Crippen LogP contribution in [0.5, 0.6) is 0 Å². The van der Waals surface area contributed by atoms with Crippen molar-refractivity contribution in [3.63, 3.8) is 0 Å². The Balaban J connectivity index is 0.00000204. The molecule has 0 aliphatic carbocycles. The summed E-state index contributed by atoms with van der Waals surface area (Å²) < 4.78 is 71.5. The molecule has 0 amide bonds. The van der Waals surface area contributed by atoms with Crippen molar-refractivity contribution in [3.05, 3.63) is 79.1 Å². The van der Waals surface area contributed by atoms with E-state index in [-0.39, 0.29) is 76.1 Å². The molecule has 0 fully saturated rings. The molecule has 0 saturated carbocycles. The minimum absolute atomic E-state index is 0.